The quantitative estimate of drug-likeness (QED) is 0.891. The molecule has 3 unspecified atom stereocenters. The first-order valence-electron chi connectivity index (χ1n) is 7.55. The fraction of sp³-hybridized carbons (Fsp3) is 0.562. The predicted octanol–water partition coefficient (Wildman–Crippen LogP) is 1.39. The van der Waals surface area contributed by atoms with E-state index in [9.17, 15) is 9.59 Å². The minimum absolute atomic E-state index is 0.0207. The maximum absolute atomic E-state index is 12.6. The Morgan fingerprint density at radius 3 is 2.76 bits per heavy atom. The molecule has 0 radical (unpaired) electrons. The van der Waals surface area contributed by atoms with Gasteiger partial charge in [0, 0.05) is 24.9 Å². The van der Waals surface area contributed by atoms with Crippen LogP contribution in [0.2, 0.25) is 0 Å². The highest BCUT2D eigenvalue weighted by Gasteiger charge is 2.39. The summed E-state index contributed by atoms with van der Waals surface area (Å²) in [4.78, 5) is 30.6. The Bertz CT molecular complexity index is 504. The number of pyridine rings is 1. The van der Waals surface area contributed by atoms with E-state index in [0.717, 1.165) is 12.1 Å². The molecule has 2 heterocycles. The van der Waals surface area contributed by atoms with Gasteiger partial charge in [-0.3, -0.25) is 14.6 Å². The van der Waals surface area contributed by atoms with Crippen molar-refractivity contribution in [2.75, 3.05) is 6.54 Å². The van der Waals surface area contributed by atoms with Gasteiger partial charge in [-0.15, -0.1) is 0 Å². The minimum Gasteiger partial charge on any atom is -0.342 e. The van der Waals surface area contributed by atoms with Gasteiger partial charge >= 0.3 is 0 Å². The van der Waals surface area contributed by atoms with Gasteiger partial charge in [-0.2, -0.15) is 0 Å². The normalized spacial score (nSPS) is 23.9. The highest BCUT2D eigenvalue weighted by atomic mass is 16.2. The van der Waals surface area contributed by atoms with Crippen LogP contribution in [0.15, 0.2) is 24.4 Å². The van der Waals surface area contributed by atoms with Crippen LogP contribution in [-0.4, -0.2) is 40.3 Å². The van der Waals surface area contributed by atoms with Crippen molar-refractivity contribution in [2.24, 2.45) is 5.92 Å². The third kappa shape index (κ3) is 3.40. The molecule has 0 aromatic carbocycles. The summed E-state index contributed by atoms with van der Waals surface area (Å²) in [6.45, 7) is 6.33. The second kappa shape index (κ2) is 6.70. The number of carbonyl (C=O) groups is 2. The van der Waals surface area contributed by atoms with E-state index in [4.69, 9.17) is 0 Å². The van der Waals surface area contributed by atoms with E-state index < -0.39 is 12.1 Å². The summed E-state index contributed by atoms with van der Waals surface area (Å²) in [5.41, 5.74) is 0.934. The highest BCUT2D eigenvalue weighted by Crippen LogP contribution is 2.18. The van der Waals surface area contributed by atoms with E-state index in [1.54, 1.807) is 18.0 Å². The van der Waals surface area contributed by atoms with Crippen molar-refractivity contribution in [3.8, 4) is 0 Å². The van der Waals surface area contributed by atoms with Crippen molar-refractivity contribution < 1.29 is 9.59 Å². The Morgan fingerprint density at radius 1 is 1.38 bits per heavy atom. The van der Waals surface area contributed by atoms with Crippen LogP contribution in [0.3, 0.4) is 0 Å². The monoisotopic (exact) mass is 289 g/mol. The number of amides is 2. The summed E-state index contributed by atoms with van der Waals surface area (Å²) in [5.74, 6) is 0.0969. The lowest BCUT2D eigenvalue weighted by atomic mass is 9.94. The van der Waals surface area contributed by atoms with Crippen LogP contribution in [0.5, 0.6) is 0 Å². The molecule has 0 bridgehead atoms. The molecule has 2 amide bonds. The van der Waals surface area contributed by atoms with Crippen molar-refractivity contribution in [3.63, 3.8) is 0 Å². The number of hydrogen-bond acceptors (Lipinski definition) is 3. The van der Waals surface area contributed by atoms with Gasteiger partial charge in [0.1, 0.15) is 12.1 Å². The molecule has 0 saturated carbocycles. The molecular formula is C16H23N3O2. The van der Waals surface area contributed by atoms with E-state index in [2.05, 4.69) is 10.3 Å². The molecule has 1 aromatic rings. The number of piperazine rings is 1. The molecule has 1 fully saturated rings. The third-order valence-corrected chi connectivity index (χ3v) is 4.24. The van der Waals surface area contributed by atoms with Crippen LogP contribution in [0, 0.1) is 5.92 Å². The Morgan fingerprint density at radius 2 is 2.14 bits per heavy atom. The standard InChI is InChI=1S/C16H23N3O2/c1-4-11(2)14-16(21)19(12(3)15(20)18-14)10-8-13-7-5-6-9-17-13/h5-7,9,11-12,14H,4,8,10H2,1-3H3,(H,18,20). The van der Waals surface area contributed by atoms with Crippen LogP contribution in [-0.2, 0) is 16.0 Å². The summed E-state index contributed by atoms with van der Waals surface area (Å²) >= 11 is 0. The van der Waals surface area contributed by atoms with E-state index in [-0.39, 0.29) is 17.7 Å². The van der Waals surface area contributed by atoms with E-state index in [1.807, 2.05) is 32.0 Å². The first-order chi connectivity index (χ1) is 10.0. The molecule has 1 saturated heterocycles. The number of nitrogens with zero attached hydrogens (tertiary/aromatic N) is 2. The molecule has 3 atom stereocenters. The molecule has 5 heteroatoms. The van der Waals surface area contributed by atoms with Crippen molar-refractivity contribution in [1.82, 2.24) is 15.2 Å². The van der Waals surface area contributed by atoms with Gasteiger partial charge in [0.2, 0.25) is 11.8 Å². The minimum atomic E-state index is -0.415. The predicted molar refractivity (Wildman–Crippen MR) is 80.5 cm³/mol. The van der Waals surface area contributed by atoms with Gasteiger partial charge < -0.3 is 10.2 Å². The van der Waals surface area contributed by atoms with Gasteiger partial charge in [0.05, 0.1) is 0 Å². The number of carbonyl (C=O) groups excluding carboxylic acids is 2. The van der Waals surface area contributed by atoms with Crippen molar-refractivity contribution >= 4 is 11.8 Å². The van der Waals surface area contributed by atoms with Gasteiger partial charge in [-0.1, -0.05) is 26.3 Å². The van der Waals surface area contributed by atoms with Gasteiger partial charge in [-0.25, -0.2) is 0 Å². The molecule has 1 N–H and O–H groups in total. The Hall–Kier alpha value is -1.91. The SMILES string of the molecule is CCC(C)C1NC(=O)C(C)N(CCc2ccccn2)C1=O. The molecular weight excluding hydrogens is 266 g/mol. The first-order valence-corrected chi connectivity index (χ1v) is 7.55. The van der Waals surface area contributed by atoms with Gasteiger partial charge in [0.25, 0.3) is 0 Å². The molecule has 114 valence electrons. The highest BCUT2D eigenvalue weighted by molar-refractivity contribution is 5.96. The second-order valence-electron chi connectivity index (χ2n) is 5.65. The zero-order valence-corrected chi connectivity index (χ0v) is 12.9. The number of nitrogens with one attached hydrogen (secondary N) is 1. The number of aromatic nitrogens is 1. The maximum atomic E-state index is 12.6. The summed E-state index contributed by atoms with van der Waals surface area (Å²) < 4.78 is 0. The van der Waals surface area contributed by atoms with Crippen molar-refractivity contribution in [2.45, 2.75) is 45.7 Å². The van der Waals surface area contributed by atoms with Gasteiger partial charge in [0.15, 0.2) is 0 Å². The first kappa shape index (κ1) is 15.5. The summed E-state index contributed by atoms with van der Waals surface area (Å²) in [7, 11) is 0. The largest absolute Gasteiger partial charge is 0.342 e. The molecule has 2 rings (SSSR count). The van der Waals surface area contributed by atoms with Crippen LogP contribution >= 0.6 is 0 Å². The lowest BCUT2D eigenvalue weighted by Gasteiger charge is -2.39. The molecule has 1 aliphatic rings. The van der Waals surface area contributed by atoms with Gasteiger partial charge in [-0.05, 0) is 25.0 Å². The van der Waals surface area contributed by atoms with E-state index in [1.165, 1.54) is 0 Å². The Kier molecular flexibility index (Phi) is 4.94. The lowest BCUT2D eigenvalue weighted by Crippen LogP contribution is -2.64. The molecule has 1 aliphatic heterocycles. The molecule has 0 spiro atoms. The van der Waals surface area contributed by atoms with Crippen LogP contribution < -0.4 is 5.32 Å². The lowest BCUT2D eigenvalue weighted by molar-refractivity contribution is -0.150. The van der Waals surface area contributed by atoms with Crippen LogP contribution in [0.1, 0.15) is 32.9 Å². The Labute approximate surface area is 125 Å². The molecule has 21 heavy (non-hydrogen) atoms. The topological polar surface area (TPSA) is 62.3 Å². The summed E-state index contributed by atoms with van der Waals surface area (Å²) in [5, 5.41) is 2.85. The molecule has 0 aliphatic carbocycles. The van der Waals surface area contributed by atoms with E-state index in [0.29, 0.717) is 13.0 Å². The molecule has 1 aromatic heterocycles. The van der Waals surface area contributed by atoms with Crippen LogP contribution in [0.25, 0.3) is 0 Å². The average Bonchev–Trinajstić information content (AvgIpc) is 2.51. The number of rotatable bonds is 5. The summed E-state index contributed by atoms with van der Waals surface area (Å²) in [6.07, 6.45) is 3.27. The van der Waals surface area contributed by atoms with E-state index >= 15 is 0 Å². The Balaban J connectivity index is 2.08. The fourth-order valence-electron chi connectivity index (χ4n) is 2.55. The fourth-order valence-corrected chi connectivity index (χ4v) is 2.55. The molecule has 5 nitrogen and oxygen atoms in total. The smallest absolute Gasteiger partial charge is 0.246 e. The number of hydrogen-bond donors (Lipinski definition) is 1. The van der Waals surface area contributed by atoms with Crippen molar-refractivity contribution in [1.29, 1.82) is 0 Å². The maximum Gasteiger partial charge on any atom is 0.246 e. The summed E-state index contributed by atoms with van der Waals surface area (Å²) in [6, 6.07) is 4.91. The second-order valence-corrected chi connectivity index (χ2v) is 5.65. The average molecular weight is 289 g/mol. The van der Waals surface area contributed by atoms with Crippen LogP contribution in [0.4, 0.5) is 0 Å². The third-order valence-electron chi connectivity index (χ3n) is 4.24. The zero-order chi connectivity index (χ0) is 15.4. The zero-order valence-electron chi connectivity index (χ0n) is 12.9. The van der Waals surface area contributed by atoms with Crippen molar-refractivity contribution in [3.05, 3.63) is 30.1 Å².